The number of nitrogens with two attached hydrogens (primary N) is 1. The molecule has 20 heavy (non-hydrogen) atoms. The number of hydrogen-bond donors (Lipinski definition) is 1. The van der Waals surface area contributed by atoms with Crippen LogP contribution in [0.15, 0.2) is 30.3 Å². The second-order valence-corrected chi connectivity index (χ2v) is 4.78. The molecule has 2 N–H and O–H groups in total. The zero-order valence-corrected chi connectivity index (χ0v) is 12.5. The van der Waals surface area contributed by atoms with Gasteiger partial charge in [0.2, 0.25) is 0 Å². The third-order valence-corrected chi connectivity index (χ3v) is 3.13. The molecule has 6 heteroatoms. The fourth-order valence-corrected chi connectivity index (χ4v) is 2.22. The number of ether oxygens (including phenoxy) is 3. The summed E-state index contributed by atoms with van der Waals surface area (Å²) < 4.78 is 16.0. The van der Waals surface area contributed by atoms with Crippen molar-refractivity contribution in [3.05, 3.63) is 40.4 Å². The minimum absolute atomic E-state index is 0.330. The Labute approximate surface area is 127 Å². The molecule has 0 amide bonds. The summed E-state index contributed by atoms with van der Waals surface area (Å²) in [4.78, 5) is 0. The van der Waals surface area contributed by atoms with Crippen molar-refractivity contribution in [2.45, 2.75) is 0 Å². The molecule has 0 aliphatic carbocycles. The maximum atomic E-state index is 6.08. The van der Waals surface area contributed by atoms with Crippen molar-refractivity contribution < 1.29 is 14.2 Å². The second-order valence-electron chi connectivity index (χ2n) is 3.96. The van der Waals surface area contributed by atoms with E-state index in [0.717, 1.165) is 0 Å². The molecule has 0 fully saturated rings. The Morgan fingerprint density at radius 3 is 1.70 bits per heavy atom. The van der Waals surface area contributed by atoms with Gasteiger partial charge in [-0.1, -0.05) is 23.2 Å². The molecular weight excluding hydrogens is 301 g/mol. The van der Waals surface area contributed by atoms with Gasteiger partial charge in [0, 0.05) is 23.9 Å². The first-order valence-corrected chi connectivity index (χ1v) is 6.44. The van der Waals surface area contributed by atoms with Crippen molar-refractivity contribution in [3.8, 4) is 23.0 Å². The van der Waals surface area contributed by atoms with E-state index in [2.05, 4.69) is 0 Å². The number of anilines is 1. The van der Waals surface area contributed by atoms with Crippen LogP contribution < -0.4 is 19.9 Å². The summed E-state index contributed by atoms with van der Waals surface area (Å²) >= 11 is 12.2. The minimum atomic E-state index is 0.330. The van der Waals surface area contributed by atoms with Gasteiger partial charge in [-0.15, -0.1) is 0 Å². The third-order valence-electron chi connectivity index (χ3n) is 2.57. The van der Waals surface area contributed by atoms with Gasteiger partial charge in [0.05, 0.1) is 24.3 Å². The molecule has 0 atom stereocenters. The van der Waals surface area contributed by atoms with Crippen LogP contribution in [-0.4, -0.2) is 14.2 Å². The van der Waals surface area contributed by atoms with E-state index in [-0.39, 0.29) is 0 Å². The van der Waals surface area contributed by atoms with Gasteiger partial charge in [-0.3, -0.25) is 0 Å². The topological polar surface area (TPSA) is 53.7 Å². The summed E-state index contributed by atoms with van der Waals surface area (Å²) in [6, 6.07) is 8.27. The van der Waals surface area contributed by atoms with Crippen molar-refractivity contribution in [1.29, 1.82) is 0 Å². The average molecular weight is 314 g/mol. The molecule has 0 aliphatic heterocycles. The lowest BCUT2D eigenvalue weighted by atomic mass is 10.3. The largest absolute Gasteiger partial charge is 0.496 e. The predicted octanol–water partition coefficient (Wildman–Crippen LogP) is 4.39. The van der Waals surface area contributed by atoms with Gasteiger partial charge >= 0.3 is 0 Å². The average Bonchev–Trinajstić information content (AvgIpc) is 2.42. The van der Waals surface area contributed by atoms with Crippen LogP contribution in [0.25, 0.3) is 0 Å². The van der Waals surface area contributed by atoms with Crippen molar-refractivity contribution in [2.24, 2.45) is 0 Å². The van der Waals surface area contributed by atoms with Crippen molar-refractivity contribution in [1.82, 2.24) is 0 Å². The lowest BCUT2D eigenvalue weighted by molar-refractivity contribution is 0.386. The molecule has 0 aromatic heterocycles. The molecular formula is C14H13Cl2NO3. The molecule has 4 nitrogen and oxygen atoms in total. The highest BCUT2D eigenvalue weighted by Gasteiger charge is 2.11. The van der Waals surface area contributed by atoms with E-state index in [0.29, 0.717) is 38.7 Å². The molecule has 0 heterocycles. The van der Waals surface area contributed by atoms with E-state index >= 15 is 0 Å². The first-order chi connectivity index (χ1) is 9.53. The zero-order valence-electron chi connectivity index (χ0n) is 10.9. The SMILES string of the molecule is COc1cc(OC)cc(Oc2c(Cl)cc(N)cc2Cl)c1. The molecule has 106 valence electrons. The molecule has 0 saturated heterocycles. The molecule has 2 aromatic carbocycles. The molecule has 2 aromatic rings. The minimum Gasteiger partial charge on any atom is -0.496 e. The van der Waals surface area contributed by atoms with Crippen molar-refractivity contribution in [3.63, 3.8) is 0 Å². The Balaban J connectivity index is 2.39. The number of benzene rings is 2. The van der Waals surface area contributed by atoms with E-state index in [1.54, 1.807) is 44.6 Å². The van der Waals surface area contributed by atoms with E-state index in [1.807, 2.05) is 0 Å². The van der Waals surface area contributed by atoms with Crippen LogP contribution in [0.3, 0.4) is 0 Å². The highest BCUT2D eigenvalue weighted by molar-refractivity contribution is 6.37. The highest BCUT2D eigenvalue weighted by atomic mass is 35.5. The summed E-state index contributed by atoms with van der Waals surface area (Å²) in [5.74, 6) is 2.02. The molecule has 0 spiro atoms. The predicted molar refractivity (Wildman–Crippen MR) is 80.5 cm³/mol. The normalized spacial score (nSPS) is 10.2. The van der Waals surface area contributed by atoms with Crippen molar-refractivity contribution >= 4 is 28.9 Å². The number of methoxy groups -OCH3 is 2. The summed E-state index contributed by atoms with van der Waals surface area (Å²) in [5, 5.41) is 0.661. The zero-order chi connectivity index (χ0) is 14.7. The van der Waals surface area contributed by atoms with E-state index in [4.69, 9.17) is 43.1 Å². The summed E-state index contributed by atoms with van der Waals surface area (Å²) in [6.07, 6.45) is 0. The Hall–Kier alpha value is -1.78. The van der Waals surface area contributed by atoms with Gasteiger partial charge in [-0.2, -0.15) is 0 Å². The number of rotatable bonds is 4. The number of halogens is 2. The summed E-state index contributed by atoms with van der Waals surface area (Å²) in [7, 11) is 3.11. The maximum Gasteiger partial charge on any atom is 0.164 e. The standard InChI is InChI=1S/C14H13Cl2NO3/c1-18-9-5-10(19-2)7-11(6-9)20-14-12(15)3-8(17)4-13(14)16/h3-7H,17H2,1-2H3. The van der Waals surface area contributed by atoms with Crippen LogP contribution in [0.1, 0.15) is 0 Å². The number of hydrogen-bond acceptors (Lipinski definition) is 4. The lowest BCUT2D eigenvalue weighted by Gasteiger charge is -2.12. The maximum absolute atomic E-state index is 6.08. The van der Waals surface area contributed by atoms with Crippen LogP contribution >= 0.6 is 23.2 Å². The fraction of sp³-hybridized carbons (Fsp3) is 0.143. The monoisotopic (exact) mass is 313 g/mol. The highest BCUT2D eigenvalue weighted by Crippen LogP contribution is 2.39. The van der Waals surface area contributed by atoms with Crippen molar-refractivity contribution in [2.75, 3.05) is 20.0 Å². The molecule has 0 saturated carbocycles. The Morgan fingerprint density at radius 2 is 1.25 bits per heavy atom. The Bertz CT molecular complexity index is 587. The lowest BCUT2D eigenvalue weighted by Crippen LogP contribution is -1.92. The van der Waals surface area contributed by atoms with E-state index < -0.39 is 0 Å². The third kappa shape index (κ3) is 3.21. The Kier molecular flexibility index (Phi) is 4.47. The van der Waals surface area contributed by atoms with E-state index in [1.165, 1.54) is 0 Å². The quantitative estimate of drug-likeness (QED) is 0.851. The van der Waals surface area contributed by atoms with Crippen LogP contribution in [-0.2, 0) is 0 Å². The van der Waals surface area contributed by atoms with E-state index in [9.17, 15) is 0 Å². The number of nitrogen functional groups attached to an aromatic ring is 1. The first kappa shape index (κ1) is 14.6. The van der Waals surface area contributed by atoms with Gasteiger partial charge in [0.25, 0.3) is 0 Å². The van der Waals surface area contributed by atoms with Gasteiger partial charge < -0.3 is 19.9 Å². The van der Waals surface area contributed by atoms with Gasteiger partial charge in [-0.25, -0.2) is 0 Å². The van der Waals surface area contributed by atoms with Gasteiger partial charge in [-0.05, 0) is 12.1 Å². The Morgan fingerprint density at radius 1 is 0.800 bits per heavy atom. The van der Waals surface area contributed by atoms with Crippen LogP contribution in [0.2, 0.25) is 10.0 Å². The molecule has 0 aliphatic rings. The smallest absolute Gasteiger partial charge is 0.164 e. The summed E-state index contributed by atoms with van der Waals surface area (Å²) in [6.45, 7) is 0. The van der Waals surface area contributed by atoms with Crippen LogP contribution in [0, 0.1) is 0 Å². The first-order valence-electron chi connectivity index (χ1n) is 5.69. The molecule has 0 unspecified atom stereocenters. The van der Waals surface area contributed by atoms with Crippen LogP contribution in [0.5, 0.6) is 23.0 Å². The van der Waals surface area contributed by atoms with Crippen LogP contribution in [0.4, 0.5) is 5.69 Å². The van der Waals surface area contributed by atoms with Gasteiger partial charge in [0.1, 0.15) is 17.2 Å². The molecule has 0 bridgehead atoms. The second kappa shape index (κ2) is 6.11. The fourth-order valence-electron chi connectivity index (χ4n) is 1.64. The molecule has 2 rings (SSSR count). The van der Waals surface area contributed by atoms with Gasteiger partial charge in [0.15, 0.2) is 5.75 Å². The summed E-state index contributed by atoms with van der Waals surface area (Å²) in [5.41, 5.74) is 6.12. The molecule has 0 radical (unpaired) electrons.